The summed E-state index contributed by atoms with van der Waals surface area (Å²) in [5.41, 5.74) is 0. The molecule has 0 aliphatic carbocycles. The van der Waals surface area contributed by atoms with E-state index in [-0.39, 0.29) is 0 Å². The van der Waals surface area contributed by atoms with Gasteiger partial charge in [-0.05, 0) is 31.6 Å². The molecule has 113 valence electrons. The Hall–Kier alpha value is -0.260. The van der Waals surface area contributed by atoms with Gasteiger partial charge < -0.3 is 0 Å². The maximum absolute atomic E-state index is 2.39. The van der Waals surface area contributed by atoms with Gasteiger partial charge in [-0.1, -0.05) is 90.7 Å². The standard InChI is InChI=1S/C19H37/c1-4-5-6-7-8-9-10-11-12-13-14-15-16-17-18-19(2)3/h7-8H,4-6,9-18H2,1-3H3/b8-7+. The summed E-state index contributed by atoms with van der Waals surface area (Å²) >= 11 is 0. The van der Waals surface area contributed by atoms with E-state index in [4.69, 9.17) is 0 Å². The summed E-state index contributed by atoms with van der Waals surface area (Å²) in [6, 6.07) is 0. The predicted octanol–water partition coefficient (Wildman–Crippen LogP) is 7.25. The maximum atomic E-state index is 2.39. The van der Waals surface area contributed by atoms with Crippen molar-refractivity contribution in [2.24, 2.45) is 0 Å². The minimum absolute atomic E-state index is 1.28. The summed E-state index contributed by atoms with van der Waals surface area (Å²) in [6.07, 6.45) is 22.8. The molecule has 0 heteroatoms. The highest BCUT2D eigenvalue weighted by molar-refractivity contribution is 4.81. The normalized spacial score (nSPS) is 11.8. The molecular formula is C19H37. The molecule has 19 heavy (non-hydrogen) atoms. The highest BCUT2D eigenvalue weighted by Gasteiger charge is 1.95. The van der Waals surface area contributed by atoms with E-state index < -0.39 is 0 Å². The molecule has 0 heterocycles. The average molecular weight is 266 g/mol. The van der Waals surface area contributed by atoms with Crippen molar-refractivity contribution in [2.45, 2.75) is 104 Å². The Labute approximate surface area is 123 Å². The van der Waals surface area contributed by atoms with Crippen LogP contribution in [-0.2, 0) is 0 Å². The predicted molar refractivity (Wildman–Crippen MR) is 89.4 cm³/mol. The lowest BCUT2D eigenvalue weighted by atomic mass is 10.0. The van der Waals surface area contributed by atoms with Crippen molar-refractivity contribution in [1.29, 1.82) is 0 Å². The zero-order valence-electron chi connectivity index (χ0n) is 13.8. The minimum atomic E-state index is 1.28. The minimum Gasteiger partial charge on any atom is -0.0885 e. The molecule has 0 atom stereocenters. The first-order valence-electron chi connectivity index (χ1n) is 8.71. The van der Waals surface area contributed by atoms with Crippen LogP contribution < -0.4 is 0 Å². The zero-order valence-corrected chi connectivity index (χ0v) is 13.8. The van der Waals surface area contributed by atoms with E-state index in [1.54, 1.807) is 5.92 Å². The molecular weight excluding hydrogens is 228 g/mol. The third kappa shape index (κ3) is 17.7. The van der Waals surface area contributed by atoms with Crippen molar-refractivity contribution in [2.75, 3.05) is 0 Å². The Kier molecular flexibility index (Phi) is 15.6. The lowest BCUT2D eigenvalue weighted by Gasteiger charge is -2.04. The van der Waals surface area contributed by atoms with Crippen LogP contribution in [0.1, 0.15) is 104 Å². The van der Waals surface area contributed by atoms with Crippen LogP contribution >= 0.6 is 0 Å². The van der Waals surface area contributed by atoms with E-state index in [0.29, 0.717) is 0 Å². The zero-order chi connectivity index (χ0) is 14.2. The summed E-state index contributed by atoms with van der Waals surface area (Å²) in [5.74, 6) is 1.59. The summed E-state index contributed by atoms with van der Waals surface area (Å²) < 4.78 is 0. The molecule has 0 N–H and O–H groups in total. The lowest BCUT2D eigenvalue weighted by Crippen LogP contribution is -1.85. The van der Waals surface area contributed by atoms with Crippen LogP contribution in [0.25, 0.3) is 0 Å². The first-order chi connectivity index (χ1) is 9.27. The van der Waals surface area contributed by atoms with Gasteiger partial charge in [0.05, 0.1) is 0 Å². The van der Waals surface area contributed by atoms with Gasteiger partial charge in [-0.2, -0.15) is 0 Å². The van der Waals surface area contributed by atoms with E-state index in [9.17, 15) is 0 Å². The number of rotatable bonds is 14. The Morgan fingerprint density at radius 1 is 0.632 bits per heavy atom. The maximum Gasteiger partial charge on any atom is -0.0303 e. The second kappa shape index (κ2) is 15.8. The van der Waals surface area contributed by atoms with Gasteiger partial charge in [0, 0.05) is 0 Å². The van der Waals surface area contributed by atoms with Crippen LogP contribution in [0, 0.1) is 5.92 Å². The van der Waals surface area contributed by atoms with Crippen molar-refractivity contribution >= 4 is 0 Å². The first kappa shape index (κ1) is 18.7. The summed E-state index contributed by atoms with van der Waals surface area (Å²) in [6.45, 7) is 6.75. The molecule has 0 aromatic carbocycles. The van der Waals surface area contributed by atoms with Crippen LogP contribution in [-0.4, -0.2) is 0 Å². The fourth-order valence-corrected chi connectivity index (χ4v) is 2.36. The molecule has 0 saturated heterocycles. The number of hydrogen-bond acceptors (Lipinski definition) is 0. The molecule has 0 fully saturated rings. The van der Waals surface area contributed by atoms with Gasteiger partial charge in [0.1, 0.15) is 0 Å². The SMILES string of the molecule is CCCC/C=C/CCCCCCCCCC[C](C)C. The molecule has 0 aliphatic rings. The monoisotopic (exact) mass is 265 g/mol. The third-order valence-electron chi connectivity index (χ3n) is 3.69. The first-order valence-corrected chi connectivity index (χ1v) is 8.71. The molecule has 0 aromatic heterocycles. The Morgan fingerprint density at radius 3 is 1.63 bits per heavy atom. The van der Waals surface area contributed by atoms with E-state index in [1.807, 2.05) is 0 Å². The molecule has 0 bridgehead atoms. The van der Waals surface area contributed by atoms with E-state index in [2.05, 4.69) is 32.9 Å². The second-order valence-corrected chi connectivity index (χ2v) is 6.19. The van der Waals surface area contributed by atoms with Gasteiger partial charge in [-0.3, -0.25) is 0 Å². The van der Waals surface area contributed by atoms with Crippen molar-refractivity contribution in [3.8, 4) is 0 Å². The highest BCUT2D eigenvalue weighted by Crippen LogP contribution is 2.13. The van der Waals surface area contributed by atoms with Gasteiger partial charge in [0.25, 0.3) is 0 Å². The molecule has 0 amide bonds. The van der Waals surface area contributed by atoms with Crippen LogP contribution in [0.4, 0.5) is 0 Å². The van der Waals surface area contributed by atoms with Crippen molar-refractivity contribution < 1.29 is 0 Å². The number of hydrogen-bond donors (Lipinski definition) is 0. The Bertz CT molecular complexity index is 178. The van der Waals surface area contributed by atoms with Gasteiger partial charge in [-0.15, -0.1) is 0 Å². The van der Waals surface area contributed by atoms with Crippen molar-refractivity contribution in [1.82, 2.24) is 0 Å². The summed E-state index contributed by atoms with van der Waals surface area (Å²) in [7, 11) is 0. The molecule has 0 aliphatic heterocycles. The summed E-state index contributed by atoms with van der Waals surface area (Å²) in [4.78, 5) is 0. The number of unbranched alkanes of at least 4 members (excludes halogenated alkanes) is 10. The molecule has 0 saturated carbocycles. The Morgan fingerprint density at radius 2 is 1.11 bits per heavy atom. The van der Waals surface area contributed by atoms with E-state index in [1.165, 1.54) is 83.5 Å². The second-order valence-electron chi connectivity index (χ2n) is 6.19. The molecule has 0 spiro atoms. The molecule has 1 radical (unpaired) electrons. The molecule has 0 rings (SSSR count). The molecule has 0 unspecified atom stereocenters. The third-order valence-corrected chi connectivity index (χ3v) is 3.69. The van der Waals surface area contributed by atoms with E-state index >= 15 is 0 Å². The van der Waals surface area contributed by atoms with Gasteiger partial charge in [-0.25, -0.2) is 0 Å². The number of allylic oxidation sites excluding steroid dienone is 2. The molecule has 0 aromatic rings. The van der Waals surface area contributed by atoms with Crippen LogP contribution in [0.5, 0.6) is 0 Å². The smallest absolute Gasteiger partial charge is 0.0303 e. The van der Waals surface area contributed by atoms with Gasteiger partial charge in [0.15, 0.2) is 0 Å². The largest absolute Gasteiger partial charge is 0.0885 e. The van der Waals surface area contributed by atoms with Crippen molar-refractivity contribution in [3.63, 3.8) is 0 Å². The van der Waals surface area contributed by atoms with Gasteiger partial charge in [0.2, 0.25) is 0 Å². The van der Waals surface area contributed by atoms with Crippen LogP contribution in [0.15, 0.2) is 12.2 Å². The van der Waals surface area contributed by atoms with Crippen LogP contribution in [0.2, 0.25) is 0 Å². The fraction of sp³-hybridized carbons (Fsp3) is 0.842. The van der Waals surface area contributed by atoms with Crippen LogP contribution in [0.3, 0.4) is 0 Å². The van der Waals surface area contributed by atoms with E-state index in [0.717, 1.165) is 0 Å². The molecule has 0 nitrogen and oxygen atoms in total. The topological polar surface area (TPSA) is 0 Å². The summed E-state index contributed by atoms with van der Waals surface area (Å²) in [5, 5.41) is 0. The Balaban J connectivity index is 3.01. The average Bonchev–Trinajstić information content (AvgIpc) is 2.39. The highest BCUT2D eigenvalue weighted by atomic mass is 14.0. The fourth-order valence-electron chi connectivity index (χ4n) is 2.36. The quantitative estimate of drug-likeness (QED) is 0.229. The van der Waals surface area contributed by atoms with Crippen molar-refractivity contribution in [3.05, 3.63) is 18.1 Å². The lowest BCUT2D eigenvalue weighted by molar-refractivity contribution is 0.562. The van der Waals surface area contributed by atoms with Gasteiger partial charge >= 0.3 is 0 Å².